The largest absolute Gasteiger partial charge is 0.493 e. The molecule has 0 bridgehead atoms. The average Bonchev–Trinajstić information content (AvgIpc) is 2.75. The zero-order chi connectivity index (χ0) is 22.4. The fraction of sp³-hybridized carbons (Fsp3) is 0.217. The van der Waals surface area contributed by atoms with E-state index < -0.39 is 23.6 Å². The van der Waals surface area contributed by atoms with Crippen molar-refractivity contribution in [3.8, 4) is 22.9 Å². The van der Waals surface area contributed by atoms with Gasteiger partial charge in [-0.1, -0.05) is 6.08 Å². The topological polar surface area (TPSA) is 64.5 Å². The normalized spacial score (nSPS) is 11.8. The maximum Gasteiger partial charge on any atom is 0.201 e. The zero-order valence-corrected chi connectivity index (χ0v) is 16.8. The van der Waals surface area contributed by atoms with Gasteiger partial charge in [0.2, 0.25) is 5.82 Å². The van der Waals surface area contributed by atoms with Crippen molar-refractivity contribution < 1.29 is 27.8 Å². The molecule has 0 aliphatic carbocycles. The Morgan fingerprint density at radius 3 is 2.45 bits per heavy atom. The van der Waals surface area contributed by atoms with Gasteiger partial charge in [0.05, 0.1) is 18.3 Å². The second-order valence-corrected chi connectivity index (χ2v) is 6.73. The average molecular weight is 430 g/mol. The molecular formula is C23H21F3N2O3. The van der Waals surface area contributed by atoms with Crippen molar-refractivity contribution in [3.63, 3.8) is 0 Å². The molecule has 1 aromatic heterocycles. The summed E-state index contributed by atoms with van der Waals surface area (Å²) in [6.07, 6.45) is 4.04. The molecule has 1 atom stereocenters. The lowest BCUT2D eigenvalue weighted by atomic mass is 10.1. The molecule has 2 aromatic carbocycles. The minimum Gasteiger partial charge on any atom is -0.493 e. The van der Waals surface area contributed by atoms with Crippen LogP contribution in [0.4, 0.5) is 13.2 Å². The molecule has 0 amide bonds. The number of nitrogens with zero attached hydrogens (tertiary/aromatic N) is 2. The number of halogens is 3. The van der Waals surface area contributed by atoms with Crippen LogP contribution in [0.15, 0.2) is 55.4 Å². The van der Waals surface area contributed by atoms with Gasteiger partial charge in [-0.15, -0.1) is 6.58 Å². The monoisotopic (exact) mass is 430 g/mol. The maximum atomic E-state index is 14.4. The number of benzene rings is 2. The number of hydrogen-bond acceptors (Lipinski definition) is 5. The van der Waals surface area contributed by atoms with Gasteiger partial charge in [0, 0.05) is 29.6 Å². The number of aliphatic hydroxyl groups excluding tert-OH is 1. The van der Waals surface area contributed by atoms with Crippen molar-refractivity contribution in [2.45, 2.75) is 26.1 Å². The number of hydrogen-bond donors (Lipinski definition) is 1. The van der Waals surface area contributed by atoms with E-state index in [-0.39, 0.29) is 29.3 Å². The fourth-order valence-corrected chi connectivity index (χ4v) is 2.74. The summed E-state index contributed by atoms with van der Waals surface area (Å²) in [5.74, 6) is -2.62. The summed E-state index contributed by atoms with van der Waals surface area (Å²) in [5, 5.41) is 9.43. The van der Waals surface area contributed by atoms with Crippen LogP contribution in [0.25, 0.3) is 11.4 Å². The summed E-state index contributed by atoms with van der Waals surface area (Å²) < 4.78 is 53.1. The van der Waals surface area contributed by atoms with Crippen LogP contribution in [0.2, 0.25) is 0 Å². The molecule has 162 valence electrons. The molecule has 5 nitrogen and oxygen atoms in total. The minimum absolute atomic E-state index is 0.122. The Kier molecular flexibility index (Phi) is 7.25. The van der Waals surface area contributed by atoms with Gasteiger partial charge in [-0.25, -0.2) is 18.7 Å². The second-order valence-electron chi connectivity index (χ2n) is 6.73. The Morgan fingerprint density at radius 1 is 1.06 bits per heavy atom. The zero-order valence-electron chi connectivity index (χ0n) is 16.8. The molecule has 3 aromatic rings. The molecule has 0 radical (unpaired) electrons. The van der Waals surface area contributed by atoms with Crippen molar-refractivity contribution >= 4 is 0 Å². The lowest BCUT2D eigenvalue weighted by molar-refractivity contribution is 0.191. The van der Waals surface area contributed by atoms with E-state index >= 15 is 0 Å². The molecule has 0 aliphatic rings. The molecule has 0 aliphatic heterocycles. The van der Waals surface area contributed by atoms with Gasteiger partial charge in [0.15, 0.2) is 17.4 Å². The molecule has 0 saturated heterocycles. The van der Waals surface area contributed by atoms with Crippen LogP contribution < -0.4 is 9.47 Å². The van der Waals surface area contributed by atoms with E-state index in [1.807, 2.05) is 0 Å². The van der Waals surface area contributed by atoms with Crippen molar-refractivity contribution in [1.29, 1.82) is 0 Å². The van der Waals surface area contributed by atoms with Crippen LogP contribution in [0.3, 0.4) is 0 Å². The highest BCUT2D eigenvalue weighted by Crippen LogP contribution is 2.27. The molecule has 31 heavy (non-hydrogen) atoms. The van der Waals surface area contributed by atoms with Gasteiger partial charge in [0.25, 0.3) is 0 Å². The number of ether oxygens (including phenoxy) is 2. The van der Waals surface area contributed by atoms with Crippen molar-refractivity contribution in [2.24, 2.45) is 0 Å². The first kappa shape index (κ1) is 22.3. The first-order valence-corrected chi connectivity index (χ1v) is 9.54. The molecule has 3 rings (SSSR count). The minimum atomic E-state index is -1.19. The molecule has 8 heteroatoms. The van der Waals surface area contributed by atoms with Crippen LogP contribution in [-0.4, -0.2) is 21.7 Å². The first-order valence-electron chi connectivity index (χ1n) is 9.54. The third-order valence-corrected chi connectivity index (χ3v) is 4.40. The Hall–Kier alpha value is -3.39. The molecule has 1 heterocycles. The van der Waals surface area contributed by atoms with E-state index in [0.717, 1.165) is 0 Å². The fourth-order valence-electron chi connectivity index (χ4n) is 2.74. The van der Waals surface area contributed by atoms with E-state index in [0.29, 0.717) is 24.3 Å². The maximum absolute atomic E-state index is 14.4. The molecule has 1 N–H and O–H groups in total. The smallest absolute Gasteiger partial charge is 0.201 e. The van der Waals surface area contributed by atoms with Crippen LogP contribution in [-0.2, 0) is 6.61 Å². The summed E-state index contributed by atoms with van der Waals surface area (Å²) in [4.78, 5) is 8.24. The predicted octanol–water partition coefficient (Wildman–Crippen LogP) is 5.15. The van der Waals surface area contributed by atoms with Crippen molar-refractivity contribution in [2.75, 3.05) is 6.61 Å². The Balaban J connectivity index is 1.67. The Morgan fingerprint density at radius 2 is 1.81 bits per heavy atom. The highest BCUT2D eigenvalue weighted by Gasteiger charge is 2.17. The number of aliphatic hydroxyl groups is 1. The first-order chi connectivity index (χ1) is 14.9. The third-order valence-electron chi connectivity index (χ3n) is 4.40. The summed E-state index contributed by atoms with van der Waals surface area (Å²) >= 11 is 0. The van der Waals surface area contributed by atoms with Gasteiger partial charge >= 0.3 is 0 Å². The van der Waals surface area contributed by atoms with E-state index in [1.165, 1.54) is 43.6 Å². The summed E-state index contributed by atoms with van der Waals surface area (Å²) in [6, 6.07) is 6.89. The van der Waals surface area contributed by atoms with Gasteiger partial charge in [-0.05, 0) is 37.6 Å². The molecule has 0 spiro atoms. The number of rotatable bonds is 9. The molecule has 0 saturated carbocycles. The van der Waals surface area contributed by atoms with Crippen LogP contribution in [0.1, 0.15) is 30.6 Å². The standard InChI is InChI=1S/C23H21F3N2O3/c1-3-4-9-30-16-5-6-18(19(24)10-16)23-27-11-15(12-28-23)13-31-20-8-7-17(14(2)29)21(25)22(20)26/h3,5-8,10-12,14,29H,1,4,9,13H2,2H3. The molecule has 1 unspecified atom stereocenters. The second kappa shape index (κ2) is 10.1. The van der Waals surface area contributed by atoms with Gasteiger partial charge < -0.3 is 14.6 Å². The van der Waals surface area contributed by atoms with E-state index in [9.17, 15) is 18.3 Å². The Bertz CT molecular complexity index is 1060. The SMILES string of the molecule is C=CCCOc1ccc(-c2ncc(COc3ccc(C(C)O)c(F)c3F)cn2)c(F)c1. The van der Waals surface area contributed by atoms with Crippen LogP contribution in [0.5, 0.6) is 11.5 Å². The summed E-state index contributed by atoms with van der Waals surface area (Å²) in [7, 11) is 0. The molecular weight excluding hydrogens is 409 g/mol. The van der Waals surface area contributed by atoms with Gasteiger partial charge in [-0.3, -0.25) is 0 Å². The summed E-state index contributed by atoms with van der Waals surface area (Å²) in [6.45, 7) is 5.21. The van der Waals surface area contributed by atoms with Gasteiger partial charge in [0.1, 0.15) is 18.2 Å². The van der Waals surface area contributed by atoms with E-state index in [4.69, 9.17) is 9.47 Å². The summed E-state index contributed by atoms with van der Waals surface area (Å²) in [5.41, 5.74) is 0.523. The molecule has 0 fully saturated rings. The third kappa shape index (κ3) is 5.40. The van der Waals surface area contributed by atoms with Crippen LogP contribution >= 0.6 is 0 Å². The predicted molar refractivity (Wildman–Crippen MR) is 109 cm³/mol. The lowest BCUT2D eigenvalue weighted by Gasteiger charge is -2.12. The van der Waals surface area contributed by atoms with Crippen LogP contribution in [0, 0.1) is 17.5 Å². The highest BCUT2D eigenvalue weighted by molar-refractivity contribution is 5.57. The Labute approximate surface area is 177 Å². The highest BCUT2D eigenvalue weighted by atomic mass is 19.2. The van der Waals surface area contributed by atoms with E-state index in [1.54, 1.807) is 12.1 Å². The van der Waals surface area contributed by atoms with Crippen molar-refractivity contribution in [1.82, 2.24) is 9.97 Å². The van der Waals surface area contributed by atoms with E-state index in [2.05, 4.69) is 16.5 Å². The quantitative estimate of drug-likeness (QED) is 0.376. The van der Waals surface area contributed by atoms with Crippen molar-refractivity contribution in [3.05, 3.63) is 84.0 Å². The van der Waals surface area contributed by atoms with Gasteiger partial charge in [-0.2, -0.15) is 4.39 Å². The lowest BCUT2D eigenvalue weighted by Crippen LogP contribution is -2.04. The number of aromatic nitrogens is 2.